The van der Waals surface area contributed by atoms with Gasteiger partial charge >= 0.3 is 0 Å². The molecule has 0 aromatic carbocycles. The Balaban J connectivity index is 2.02. The van der Waals surface area contributed by atoms with Crippen molar-refractivity contribution >= 4 is 54.7 Å². The molecule has 0 aliphatic rings. The molecule has 0 amide bonds. The van der Waals surface area contributed by atoms with E-state index in [1.807, 2.05) is 0 Å². The Labute approximate surface area is 95.2 Å². The molecule has 14 heavy (non-hydrogen) atoms. The van der Waals surface area contributed by atoms with Crippen molar-refractivity contribution in [1.82, 2.24) is 19.2 Å². The standard InChI is InChI=1S/C4H4N6S4/c5-1-3(7-9-11-1)13-14-4-2(6)12-10-8-4/h5-6H2. The fourth-order valence-electron chi connectivity index (χ4n) is 0.574. The predicted molar refractivity (Wildman–Crippen MR) is 60.4 cm³/mol. The van der Waals surface area contributed by atoms with Crippen molar-refractivity contribution < 1.29 is 0 Å². The number of nitrogens with two attached hydrogens (primary N) is 2. The highest BCUT2D eigenvalue weighted by Crippen LogP contribution is 2.41. The van der Waals surface area contributed by atoms with Gasteiger partial charge in [-0.25, -0.2) is 0 Å². The normalized spacial score (nSPS) is 10.6. The molecule has 0 radical (unpaired) electrons. The highest BCUT2D eigenvalue weighted by atomic mass is 33.1. The van der Waals surface area contributed by atoms with E-state index in [0.29, 0.717) is 20.1 Å². The zero-order valence-electron chi connectivity index (χ0n) is 6.58. The molecule has 0 unspecified atom stereocenters. The van der Waals surface area contributed by atoms with Crippen LogP contribution in [0.4, 0.5) is 10.0 Å². The molecule has 0 atom stereocenters. The van der Waals surface area contributed by atoms with E-state index in [2.05, 4.69) is 19.2 Å². The summed E-state index contributed by atoms with van der Waals surface area (Å²) in [6.45, 7) is 0. The highest BCUT2D eigenvalue weighted by Gasteiger charge is 2.10. The molecule has 6 nitrogen and oxygen atoms in total. The third kappa shape index (κ3) is 2.08. The van der Waals surface area contributed by atoms with Crippen LogP contribution in [0.5, 0.6) is 0 Å². The predicted octanol–water partition coefficient (Wildman–Crippen LogP) is 1.35. The Morgan fingerprint density at radius 1 is 0.857 bits per heavy atom. The first-order valence-corrected chi connectivity index (χ1v) is 6.97. The van der Waals surface area contributed by atoms with Crippen molar-refractivity contribution in [2.24, 2.45) is 0 Å². The summed E-state index contributed by atoms with van der Waals surface area (Å²) in [5.41, 5.74) is 11.2. The summed E-state index contributed by atoms with van der Waals surface area (Å²) in [4.78, 5) is 0. The van der Waals surface area contributed by atoms with E-state index in [-0.39, 0.29) is 0 Å². The van der Waals surface area contributed by atoms with Crippen LogP contribution in [0.2, 0.25) is 0 Å². The minimum absolute atomic E-state index is 0.601. The molecule has 2 heterocycles. The van der Waals surface area contributed by atoms with Gasteiger partial charge in [-0.3, -0.25) is 0 Å². The van der Waals surface area contributed by atoms with Gasteiger partial charge in [0, 0.05) is 23.1 Å². The molecule has 4 N–H and O–H groups in total. The van der Waals surface area contributed by atoms with Crippen LogP contribution < -0.4 is 11.5 Å². The molecule has 74 valence electrons. The number of nitrogen functional groups attached to an aromatic ring is 2. The lowest BCUT2D eigenvalue weighted by atomic mass is 10.9. The molecule has 0 fully saturated rings. The Morgan fingerprint density at radius 3 is 1.57 bits per heavy atom. The van der Waals surface area contributed by atoms with Crippen LogP contribution in [0.25, 0.3) is 0 Å². The maximum absolute atomic E-state index is 5.61. The molecule has 2 aromatic rings. The fourth-order valence-corrected chi connectivity index (χ4v) is 3.81. The number of hydrogen-bond donors (Lipinski definition) is 2. The fraction of sp³-hybridized carbons (Fsp3) is 0. The minimum atomic E-state index is 0.601. The summed E-state index contributed by atoms with van der Waals surface area (Å²) < 4.78 is 7.42. The summed E-state index contributed by atoms with van der Waals surface area (Å²) in [6.07, 6.45) is 0. The second kappa shape index (κ2) is 4.29. The molecule has 0 bridgehead atoms. The number of anilines is 2. The molecular weight excluding hydrogens is 260 g/mol. The Morgan fingerprint density at radius 2 is 1.29 bits per heavy atom. The van der Waals surface area contributed by atoms with Gasteiger partial charge in [-0.2, -0.15) is 0 Å². The van der Waals surface area contributed by atoms with Crippen LogP contribution in [-0.4, -0.2) is 19.2 Å². The lowest BCUT2D eigenvalue weighted by Gasteiger charge is -1.93. The van der Waals surface area contributed by atoms with Gasteiger partial charge in [-0.15, -0.1) is 10.2 Å². The van der Waals surface area contributed by atoms with Gasteiger partial charge in [-0.1, -0.05) is 8.98 Å². The van der Waals surface area contributed by atoms with Crippen molar-refractivity contribution in [2.45, 2.75) is 10.1 Å². The smallest absolute Gasteiger partial charge is 0.166 e. The van der Waals surface area contributed by atoms with Crippen molar-refractivity contribution in [3.8, 4) is 0 Å². The van der Waals surface area contributed by atoms with Gasteiger partial charge in [0.1, 0.15) is 10.0 Å². The van der Waals surface area contributed by atoms with Gasteiger partial charge in [0.05, 0.1) is 0 Å². The average Bonchev–Trinajstić information content (AvgIpc) is 2.72. The third-order valence-electron chi connectivity index (χ3n) is 1.16. The first-order chi connectivity index (χ1) is 6.77. The summed E-state index contributed by atoms with van der Waals surface area (Å²) in [7, 11) is 2.76. The van der Waals surface area contributed by atoms with Crippen LogP contribution in [0.15, 0.2) is 10.1 Å². The highest BCUT2D eigenvalue weighted by molar-refractivity contribution is 8.76. The number of rotatable bonds is 3. The molecule has 10 heteroatoms. The van der Waals surface area contributed by atoms with Gasteiger partial charge in [0.15, 0.2) is 10.1 Å². The number of hydrogen-bond acceptors (Lipinski definition) is 10. The van der Waals surface area contributed by atoms with Crippen LogP contribution in [0.3, 0.4) is 0 Å². The molecule has 0 aliphatic heterocycles. The summed E-state index contributed by atoms with van der Waals surface area (Å²) >= 11 is 2.33. The van der Waals surface area contributed by atoms with Crippen LogP contribution in [0.1, 0.15) is 0 Å². The number of nitrogens with zero attached hydrogens (tertiary/aromatic N) is 4. The second-order valence-electron chi connectivity index (χ2n) is 2.05. The SMILES string of the molecule is Nc1snnc1SSc1nnsc1N. The molecule has 2 rings (SSSR count). The van der Waals surface area contributed by atoms with E-state index < -0.39 is 0 Å². The second-order valence-corrected chi connectivity index (χ2v) is 5.73. The van der Waals surface area contributed by atoms with Crippen molar-refractivity contribution in [1.29, 1.82) is 0 Å². The van der Waals surface area contributed by atoms with Crippen molar-refractivity contribution in [2.75, 3.05) is 11.5 Å². The van der Waals surface area contributed by atoms with Gasteiger partial charge in [0.2, 0.25) is 0 Å². The lowest BCUT2D eigenvalue weighted by Crippen LogP contribution is -1.83. The molecule has 0 aliphatic carbocycles. The van der Waals surface area contributed by atoms with Gasteiger partial charge in [0.25, 0.3) is 0 Å². The average molecular weight is 264 g/mol. The van der Waals surface area contributed by atoms with Crippen LogP contribution in [-0.2, 0) is 0 Å². The maximum atomic E-state index is 5.61. The minimum Gasteiger partial charge on any atom is -0.387 e. The molecule has 0 saturated heterocycles. The summed E-state index contributed by atoms with van der Waals surface area (Å²) in [5.74, 6) is 0. The van der Waals surface area contributed by atoms with Crippen molar-refractivity contribution in [3.63, 3.8) is 0 Å². The quantitative estimate of drug-likeness (QED) is 0.801. The zero-order chi connectivity index (χ0) is 9.97. The largest absolute Gasteiger partial charge is 0.387 e. The first kappa shape index (κ1) is 9.96. The molecule has 0 spiro atoms. The van der Waals surface area contributed by atoms with E-state index in [1.54, 1.807) is 0 Å². The van der Waals surface area contributed by atoms with E-state index in [1.165, 1.54) is 21.6 Å². The summed E-state index contributed by atoms with van der Waals surface area (Å²) in [6, 6.07) is 0. The molecule has 2 aromatic heterocycles. The topological polar surface area (TPSA) is 104 Å². The first-order valence-electron chi connectivity index (χ1n) is 3.27. The molecule has 0 saturated carbocycles. The Hall–Kier alpha value is -0.580. The van der Waals surface area contributed by atoms with Gasteiger partial charge < -0.3 is 11.5 Å². The third-order valence-corrected chi connectivity index (χ3v) is 4.73. The number of aromatic nitrogens is 4. The van der Waals surface area contributed by atoms with E-state index in [0.717, 1.165) is 23.1 Å². The van der Waals surface area contributed by atoms with E-state index in [4.69, 9.17) is 11.5 Å². The van der Waals surface area contributed by atoms with Gasteiger partial charge in [-0.05, 0) is 21.6 Å². The Kier molecular flexibility index (Phi) is 3.05. The maximum Gasteiger partial charge on any atom is 0.166 e. The zero-order valence-corrected chi connectivity index (χ0v) is 9.84. The lowest BCUT2D eigenvalue weighted by molar-refractivity contribution is 1.04. The van der Waals surface area contributed by atoms with Crippen LogP contribution in [0, 0.1) is 0 Å². The monoisotopic (exact) mass is 264 g/mol. The molecular formula is C4H4N6S4. The Bertz CT molecular complexity index is 383. The summed E-state index contributed by atoms with van der Waals surface area (Å²) in [5, 5.41) is 10.3. The van der Waals surface area contributed by atoms with E-state index in [9.17, 15) is 0 Å². The van der Waals surface area contributed by atoms with Crippen LogP contribution >= 0.6 is 44.7 Å². The van der Waals surface area contributed by atoms with E-state index >= 15 is 0 Å². The van der Waals surface area contributed by atoms with Crippen molar-refractivity contribution in [3.05, 3.63) is 0 Å².